The molecule has 3 N–H and O–H groups in total. The van der Waals surface area contributed by atoms with Gasteiger partial charge in [0, 0.05) is 26.1 Å². The Morgan fingerprint density at radius 3 is 2.65 bits per heavy atom. The predicted octanol–water partition coefficient (Wildman–Crippen LogP) is 1.11. The summed E-state index contributed by atoms with van der Waals surface area (Å²) in [6.07, 6.45) is 0.244. The van der Waals surface area contributed by atoms with Gasteiger partial charge in [0.25, 0.3) is 11.6 Å². The van der Waals surface area contributed by atoms with Gasteiger partial charge in [-0.1, -0.05) is 6.07 Å². The molecule has 1 amide bonds. The number of carboxylic acids is 1. The average molecular weight is 281 g/mol. The number of nitrogens with zero attached hydrogens (tertiary/aromatic N) is 2. The first-order chi connectivity index (χ1) is 9.34. The molecule has 1 rings (SSSR count). The van der Waals surface area contributed by atoms with Gasteiger partial charge in [-0.3, -0.25) is 19.7 Å². The van der Waals surface area contributed by atoms with Crippen LogP contribution in [0.5, 0.6) is 0 Å². The Labute approximate surface area is 114 Å². The third-order valence-electron chi connectivity index (χ3n) is 2.74. The summed E-state index contributed by atoms with van der Waals surface area (Å²) >= 11 is 0. The van der Waals surface area contributed by atoms with Crippen LogP contribution in [0.2, 0.25) is 0 Å². The lowest BCUT2D eigenvalue weighted by Gasteiger charge is -2.17. The molecular weight excluding hydrogens is 266 g/mol. The molecule has 8 nitrogen and oxygen atoms in total. The molecule has 0 aliphatic carbocycles. The van der Waals surface area contributed by atoms with Gasteiger partial charge in [-0.25, -0.2) is 0 Å². The van der Waals surface area contributed by atoms with Crippen LogP contribution in [-0.2, 0) is 4.79 Å². The summed E-state index contributed by atoms with van der Waals surface area (Å²) in [4.78, 5) is 33.9. The minimum atomic E-state index is -0.944. The molecule has 0 radical (unpaired) electrons. The molecule has 20 heavy (non-hydrogen) atoms. The quantitative estimate of drug-likeness (QED) is 0.457. The first-order valence-corrected chi connectivity index (χ1v) is 5.84. The van der Waals surface area contributed by atoms with Crippen molar-refractivity contribution in [3.63, 3.8) is 0 Å². The minimum Gasteiger partial charge on any atom is -0.481 e. The maximum absolute atomic E-state index is 12.1. The van der Waals surface area contributed by atoms with Crippen LogP contribution in [0.3, 0.4) is 0 Å². The van der Waals surface area contributed by atoms with Crippen molar-refractivity contribution < 1.29 is 19.6 Å². The van der Waals surface area contributed by atoms with Gasteiger partial charge in [-0.2, -0.15) is 0 Å². The van der Waals surface area contributed by atoms with Gasteiger partial charge in [0.2, 0.25) is 0 Å². The van der Waals surface area contributed by atoms with Crippen molar-refractivity contribution in [2.75, 3.05) is 19.3 Å². The standard InChI is InChI=1S/C12H15N3O5/c1-14(7-3-6-10(16)17)12(18)8-4-2-5-9(11(8)13)15(19)20/h2,4-5H,3,6-7,13H2,1H3,(H,16,17). The number of carbonyl (C=O) groups is 2. The summed E-state index contributed by atoms with van der Waals surface area (Å²) in [5.74, 6) is -1.42. The minimum absolute atomic E-state index is 0.0389. The van der Waals surface area contributed by atoms with Gasteiger partial charge >= 0.3 is 5.97 Å². The Bertz CT molecular complexity index is 544. The van der Waals surface area contributed by atoms with Crippen LogP contribution in [-0.4, -0.2) is 40.4 Å². The average Bonchev–Trinajstić information content (AvgIpc) is 2.37. The number of hydrogen-bond acceptors (Lipinski definition) is 5. The monoisotopic (exact) mass is 281 g/mol. The second-order valence-corrected chi connectivity index (χ2v) is 4.22. The third kappa shape index (κ3) is 3.67. The highest BCUT2D eigenvalue weighted by Crippen LogP contribution is 2.25. The molecule has 1 aromatic rings. The van der Waals surface area contributed by atoms with Crippen LogP contribution in [0.25, 0.3) is 0 Å². The van der Waals surface area contributed by atoms with E-state index in [4.69, 9.17) is 10.8 Å². The molecule has 0 bridgehead atoms. The number of carboxylic acid groups (broad SMARTS) is 1. The van der Waals surface area contributed by atoms with E-state index in [1.165, 1.54) is 30.1 Å². The Hall–Kier alpha value is -2.64. The molecule has 0 heterocycles. The topological polar surface area (TPSA) is 127 Å². The van der Waals surface area contributed by atoms with E-state index >= 15 is 0 Å². The summed E-state index contributed by atoms with van der Waals surface area (Å²) in [6.45, 7) is 0.229. The Morgan fingerprint density at radius 1 is 1.45 bits per heavy atom. The fourth-order valence-corrected chi connectivity index (χ4v) is 1.67. The lowest BCUT2D eigenvalue weighted by molar-refractivity contribution is -0.383. The molecule has 0 aliphatic rings. The van der Waals surface area contributed by atoms with Crippen LogP contribution < -0.4 is 5.73 Å². The highest BCUT2D eigenvalue weighted by Gasteiger charge is 2.21. The van der Waals surface area contributed by atoms with Crippen LogP contribution in [0.4, 0.5) is 11.4 Å². The predicted molar refractivity (Wildman–Crippen MR) is 71.3 cm³/mol. The molecule has 1 aromatic carbocycles. The second-order valence-electron chi connectivity index (χ2n) is 4.22. The number of rotatable bonds is 6. The maximum atomic E-state index is 12.1. The Balaban J connectivity index is 2.84. The number of benzene rings is 1. The number of hydrogen-bond donors (Lipinski definition) is 2. The molecule has 0 fully saturated rings. The van der Waals surface area contributed by atoms with Crippen molar-refractivity contribution in [1.29, 1.82) is 0 Å². The van der Waals surface area contributed by atoms with Crippen LogP contribution in [0.15, 0.2) is 18.2 Å². The van der Waals surface area contributed by atoms with Gasteiger partial charge in [0.1, 0.15) is 5.69 Å². The maximum Gasteiger partial charge on any atom is 0.303 e. The number of amides is 1. The van der Waals surface area contributed by atoms with Crippen LogP contribution >= 0.6 is 0 Å². The largest absolute Gasteiger partial charge is 0.481 e. The van der Waals surface area contributed by atoms with E-state index in [-0.39, 0.29) is 29.9 Å². The van der Waals surface area contributed by atoms with Gasteiger partial charge in [0.05, 0.1) is 10.5 Å². The zero-order chi connectivity index (χ0) is 15.3. The number of aliphatic carboxylic acids is 1. The van der Waals surface area contributed by atoms with Gasteiger partial charge in [-0.15, -0.1) is 0 Å². The Morgan fingerprint density at radius 2 is 2.10 bits per heavy atom. The molecule has 108 valence electrons. The third-order valence-corrected chi connectivity index (χ3v) is 2.74. The first kappa shape index (κ1) is 15.4. The number of nitro groups is 1. The first-order valence-electron chi connectivity index (χ1n) is 5.84. The van der Waals surface area contributed by atoms with Gasteiger partial charge in [0.15, 0.2) is 0 Å². The summed E-state index contributed by atoms with van der Waals surface area (Å²) in [7, 11) is 1.49. The number of nitro benzene ring substituents is 1. The van der Waals surface area contributed by atoms with E-state index in [0.717, 1.165) is 0 Å². The van der Waals surface area contributed by atoms with Crippen molar-refractivity contribution in [2.45, 2.75) is 12.8 Å². The molecule has 0 unspecified atom stereocenters. The second kappa shape index (κ2) is 6.50. The van der Waals surface area contributed by atoms with E-state index in [0.29, 0.717) is 6.42 Å². The molecule has 0 aromatic heterocycles. The number of para-hydroxylation sites is 1. The summed E-state index contributed by atoms with van der Waals surface area (Å²) < 4.78 is 0. The van der Waals surface area contributed by atoms with E-state index < -0.39 is 16.8 Å². The van der Waals surface area contributed by atoms with Crippen molar-refractivity contribution in [1.82, 2.24) is 4.90 Å². The van der Waals surface area contributed by atoms with Crippen LogP contribution in [0.1, 0.15) is 23.2 Å². The molecule has 0 spiro atoms. The van der Waals surface area contributed by atoms with Crippen molar-refractivity contribution in [2.24, 2.45) is 0 Å². The molecule has 0 atom stereocenters. The number of nitrogens with two attached hydrogens (primary N) is 1. The summed E-state index contributed by atoms with van der Waals surface area (Å²) in [6, 6.07) is 4.00. The van der Waals surface area contributed by atoms with E-state index in [1.807, 2.05) is 0 Å². The fourth-order valence-electron chi connectivity index (χ4n) is 1.67. The zero-order valence-corrected chi connectivity index (χ0v) is 10.9. The normalized spacial score (nSPS) is 10.1. The zero-order valence-electron chi connectivity index (χ0n) is 10.9. The smallest absolute Gasteiger partial charge is 0.303 e. The van der Waals surface area contributed by atoms with E-state index in [2.05, 4.69) is 0 Å². The van der Waals surface area contributed by atoms with Crippen molar-refractivity contribution in [3.05, 3.63) is 33.9 Å². The SMILES string of the molecule is CN(CCCC(=O)O)C(=O)c1cccc([N+](=O)[O-])c1N. The highest BCUT2D eigenvalue weighted by atomic mass is 16.6. The van der Waals surface area contributed by atoms with Gasteiger partial charge in [-0.05, 0) is 12.5 Å². The number of carbonyl (C=O) groups excluding carboxylic acids is 1. The molecule has 0 aliphatic heterocycles. The Kier molecular flexibility index (Phi) is 5.01. The van der Waals surface area contributed by atoms with Crippen molar-refractivity contribution >= 4 is 23.3 Å². The van der Waals surface area contributed by atoms with E-state index in [1.54, 1.807) is 0 Å². The lowest BCUT2D eigenvalue weighted by Crippen LogP contribution is -2.28. The highest BCUT2D eigenvalue weighted by molar-refractivity contribution is 6.00. The number of nitrogen functional groups attached to an aromatic ring is 1. The van der Waals surface area contributed by atoms with Crippen LogP contribution in [0, 0.1) is 10.1 Å². The molecular formula is C12H15N3O5. The molecule has 0 saturated heterocycles. The molecule has 8 heteroatoms. The van der Waals surface area contributed by atoms with E-state index in [9.17, 15) is 19.7 Å². The fraction of sp³-hybridized carbons (Fsp3) is 0.333. The van der Waals surface area contributed by atoms with Gasteiger partial charge < -0.3 is 15.7 Å². The molecule has 0 saturated carbocycles. The number of anilines is 1. The van der Waals surface area contributed by atoms with Crippen molar-refractivity contribution in [3.8, 4) is 0 Å². The lowest BCUT2D eigenvalue weighted by atomic mass is 10.1. The summed E-state index contributed by atoms with van der Waals surface area (Å²) in [5.41, 5.74) is 5.14. The summed E-state index contributed by atoms with van der Waals surface area (Å²) in [5, 5.41) is 19.3.